The fourth-order valence-corrected chi connectivity index (χ4v) is 0.984. The lowest BCUT2D eigenvalue weighted by Crippen LogP contribution is -2.29. The summed E-state index contributed by atoms with van der Waals surface area (Å²) in [6, 6.07) is 0.448. The van der Waals surface area contributed by atoms with Gasteiger partial charge >= 0.3 is 0 Å². The van der Waals surface area contributed by atoms with E-state index in [2.05, 4.69) is 23.8 Å². The van der Waals surface area contributed by atoms with Crippen molar-refractivity contribution in [3.8, 4) is 0 Å². The SMILES string of the molecule is CCC(C)N(C)c1ncc(N)cn1. The Labute approximate surface area is 78.8 Å². The minimum atomic E-state index is 0.448. The van der Waals surface area contributed by atoms with Crippen molar-refractivity contribution >= 4 is 11.6 Å². The van der Waals surface area contributed by atoms with Crippen molar-refractivity contribution in [3.05, 3.63) is 12.4 Å². The average Bonchev–Trinajstić information content (AvgIpc) is 2.17. The van der Waals surface area contributed by atoms with E-state index in [0.717, 1.165) is 12.4 Å². The molecule has 1 aromatic rings. The minimum Gasteiger partial charge on any atom is -0.396 e. The van der Waals surface area contributed by atoms with Crippen LogP contribution < -0.4 is 10.6 Å². The van der Waals surface area contributed by atoms with Crippen LogP contribution in [0.1, 0.15) is 20.3 Å². The number of hydrogen-bond donors (Lipinski definition) is 1. The molecule has 4 nitrogen and oxygen atoms in total. The van der Waals surface area contributed by atoms with Crippen LogP contribution in [0.15, 0.2) is 12.4 Å². The predicted octanol–water partition coefficient (Wildman–Crippen LogP) is 1.29. The smallest absolute Gasteiger partial charge is 0.225 e. The molecule has 1 heterocycles. The molecule has 1 atom stereocenters. The monoisotopic (exact) mass is 180 g/mol. The van der Waals surface area contributed by atoms with E-state index in [0.29, 0.717) is 11.7 Å². The standard InChI is InChI=1S/C9H16N4/c1-4-7(2)13(3)9-11-5-8(10)6-12-9/h5-7H,4,10H2,1-3H3. The third-order valence-corrected chi connectivity index (χ3v) is 2.23. The van der Waals surface area contributed by atoms with Gasteiger partial charge in [0.05, 0.1) is 18.1 Å². The Morgan fingerprint density at radius 3 is 2.46 bits per heavy atom. The highest BCUT2D eigenvalue weighted by Crippen LogP contribution is 2.10. The molecule has 0 radical (unpaired) electrons. The Morgan fingerprint density at radius 2 is 2.00 bits per heavy atom. The molecule has 1 rings (SSSR count). The Bertz CT molecular complexity index is 257. The van der Waals surface area contributed by atoms with Crippen molar-refractivity contribution in [3.63, 3.8) is 0 Å². The van der Waals surface area contributed by atoms with Crippen molar-refractivity contribution in [2.45, 2.75) is 26.3 Å². The first-order chi connectivity index (χ1) is 6.15. The number of nitrogen functional groups attached to an aromatic ring is 1. The van der Waals surface area contributed by atoms with E-state index in [1.165, 1.54) is 0 Å². The van der Waals surface area contributed by atoms with E-state index >= 15 is 0 Å². The van der Waals surface area contributed by atoms with Crippen LogP contribution in [-0.4, -0.2) is 23.1 Å². The molecule has 4 heteroatoms. The van der Waals surface area contributed by atoms with Gasteiger partial charge in [0.1, 0.15) is 0 Å². The molecule has 1 aromatic heterocycles. The van der Waals surface area contributed by atoms with E-state index in [4.69, 9.17) is 5.73 Å². The van der Waals surface area contributed by atoms with Gasteiger partial charge in [-0.15, -0.1) is 0 Å². The Morgan fingerprint density at radius 1 is 1.46 bits per heavy atom. The van der Waals surface area contributed by atoms with Crippen molar-refractivity contribution in [1.29, 1.82) is 0 Å². The second kappa shape index (κ2) is 4.07. The van der Waals surface area contributed by atoms with E-state index in [1.807, 2.05) is 11.9 Å². The van der Waals surface area contributed by atoms with Crippen molar-refractivity contribution in [2.75, 3.05) is 17.7 Å². The summed E-state index contributed by atoms with van der Waals surface area (Å²) in [6.07, 6.45) is 4.33. The summed E-state index contributed by atoms with van der Waals surface area (Å²) in [6.45, 7) is 4.28. The molecule has 13 heavy (non-hydrogen) atoms. The van der Waals surface area contributed by atoms with Gasteiger partial charge in [0.25, 0.3) is 0 Å². The number of hydrogen-bond acceptors (Lipinski definition) is 4. The number of nitrogens with zero attached hydrogens (tertiary/aromatic N) is 3. The van der Waals surface area contributed by atoms with Crippen LogP contribution in [0.3, 0.4) is 0 Å². The summed E-state index contributed by atoms with van der Waals surface area (Å²) < 4.78 is 0. The van der Waals surface area contributed by atoms with Crippen LogP contribution in [-0.2, 0) is 0 Å². The summed E-state index contributed by atoms with van der Waals surface area (Å²) in [5, 5.41) is 0. The summed E-state index contributed by atoms with van der Waals surface area (Å²) in [5.41, 5.74) is 6.09. The molecular weight excluding hydrogens is 164 g/mol. The summed E-state index contributed by atoms with van der Waals surface area (Å²) in [4.78, 5) is 10.3. The van der Waals surface area contributed by atoms with Crippen LogP contribution in [0.25, 0.3) is 0 Å². The van der Waals surface area contributed by atoms with E-state index in [1.54, 1.807) is 12.4 Å². The second-order valence-electron chi connectivity index (χ2n) is 3.18. The molecule has 2 N–H and O–H groups in total. The van der Waals surface area contributed by atoms with Crippen molar-refractivity contribution in [2.24, 2.45) is 0 Å². The molecule has 0 aliphatic rings. The van der Waals surface area contributed by atoms with Crippen LogP contribution in [0.2, 0.25) is 0 Å². The first-order valence-corrected chi connectivity index (χ1v) is 4.45. The maximum atomic E-state index is 5.49. The Kier molecular flexibility index (Phi) is 3.06. The van der Waals surface area contributed by atoms with Crippen LogP contribution >= 0.6 is 0 Å². The van der Waals surface area contributed by atoms with Crippen LogP contribution in [0.5, 0.6) is 0 Å². The first-order valence-electron chi connectivity index (χ1n) is 4.45. The molecule has 0 fully saturated rings. The highest BCUT2D eigenvalue weighted by Gasteiger charge is 2.09. The minimum absolute atomic E-state index is 0.448. The van der Waals surface area contributed by atoms with Gasteiger partial charge in [0.15, 0.2) is 0 Å². The fraction of sp³-hybridized carbons (Fsp3) is 0.556. The van der Waals surface area contributed by atoms with Crippen molar-refractivity contribution < 1.29 is 0 Å². The first kappa shape index (κ1) is 9.77. The Hall–Kier alpha value is -1.32. The second-order valence-corrected chi connectivity index (χ2v) is 3.18. The van der Waals surface area contributed by atoms with Gasteiger partial charge in [-0.05, 0) is 13.3 Å². The largest absolute Gasteiger partial charge is 0.396 e. The highest BCUT2D eigenvalue weighted by molar-refractivity contribution is 5.37. The maximum Gasteiger partial charge on any atom is 0.225 e. The topological polar surface area (TPSA) is 55.0 Å². The Balaban J connectivity index is 2.77. The van der Waals surface area contributed by atoms with E-state index in [-0.39, 0.29) is 0 Å². The maximum absolute atomic E-state index is 5.49. The number of anilines is 2. The number of nitrogens with two attached hydrogens (primary N) is 1. The molecule has 0 bridgehead atoms. The van der Waals surface area contributed by atoms with E-state index in [9.17, 15) is 0 Å². The lowest BCUT2D eigenvalue weighted by Gasteiger charge is -2.23. The zero-order valence-corrected chi connectivity index (χ0v) is 8.36. The molecule has 72 valence electrons. The molecule has 0 amide bonds. The van der Waals surface area contributed by atoms with Gasteiger partial charge in [-0.1, -0.05) is 6.92 Å². The molecule has 0 aromatic carbocycles. The number of aromatic nitrogens is 2. The molecule has 1 unspecified atom stereocenters. The van der Waals surface area contributed by atoms with E-state index < -0.39 is 0 Å². The van der Waals surface area contributed by atoms with Gasteiger partial charge in [0.2, 0.25) is 5.95 Å². The molecule has 0 saturated heterocycles. The zero-order chi connectivity index (χ0) is 9.84. The fourth-order valence-electron chi connectivity index (χ4n) is 0.984. The summed E-state index contributed by atoms with van der Waals surface area (Å²) in [5.74, 6) is 0.726. The lowest BCUT2D eigenvalue weighted by atomic mass is 10.2. The predicted molar refractivity (Wildman–Crippen MR) is 54.6 cm³/mol. The van der Waals surface area contributed by atoms with Gasteiger partial charge < -0.3 is 10.6 Å². The molecule has 0 aliphatic carbocycles. The molecule has 0 saturated carbocycles. The van der Waals surface area contributed by atoms with Gasteiger partial charge in [-0.25, -0.2) is 9.97 Å². The quantitative estimate of drug-likeness (QED) is 0.761. The average molecular weight is 180 g/mol. The number of rotatable bonds is 3. The van der Waals surface area contributed by atoms with Crippen LogP contribution in [0.4, 0.5) is 11.6 Å². The van der Waals surface area contributed by atoms with Crippen molar-refractivity contribution in [1.82, 2.24) is 9.97 Å². The van der Waals surface area contributed by atoms with Gasteiger partial charge in [-0.3, -0.25) is 0 Å². The molecular formula is C9H16N4. The molecule has 0 aliphatic heterocycles. The van der Waals surface area contributed by atoms with Gasteiger partial charge in [0, 0.05) is 13.1 Å². The lowest BCUT2D eigenvalue weighted by molar-refractivity contribution is 0.648. The normalized spacial score (nSPS) is 12.5. The highest BCUT2D eigenvalue weighted by atomic mass is 15.2. The molecule has 0 spiro atoms. The third-order valence-electron chi connectivity index (χ3n) is 2.23. The van der Waals surface area contributed by atoms with Crippen LogP contribution in [0, 0.1) is 0 Å². The summed E-state index contributed by atoms with van der Waals surface area (Å²) >= 11 is 0. The third kappa shape index (κ3) is 2.31. The zero-order valence-electron chi connectivity index (χ0n) is 8.36. The van der Waals surface area contributed by atoms with Gasteiger partial charge in [-0.2, -0.15) is 0 Å². The summed E-state index contributed by atoms with van der Waals surface area (Å²) in [7, 11) is 1.99.